The molecule has 0 radical (unpaired) electrons. The second-order valence-corrected chi connectivity index (χ2v) is 5.18. The minimum absolute atomic E-state index is 0.00641. The van der Waals surface area contributed by atoms with E-state index in [2.05, 4.69) is 4.90 Å². The molecule has 154 valence electrons. The second kappa shape index (κ2) is 18.6. The Morgan fingerprint density at radius 2 is 1.50 bits per heavy atom. The number of rotatable bonds is 3. The highest BCUT2D eigenvalue weighted by Crippen LogP contribution is 2.40. The lowest BCUT2D eigenvalue weighted by atomic mass is 9.87. The quantitative estimate of drug-likeness (QED) is 0.660. The smallest absolute Gasteiger partial charge is 0.104 e. The van der Waals surface area contributed by atoms with Crippen molar-refractivity contribution in [2.24, 2.45) is 0 Å². The van der Waals surface area contributed by atoms with Crippen molar-refractivity contribution in [1.82, 2.24) is 4.90 Å². The van der Waals surface area contributed by atoms with Crippen molar-refractivity contribution in [3.8, 4) is 0 Å². The van der Waals surface area contributed by atoms with Gasteiger partial charge in [-0.25, -0.2) is 0 Å². The lowest BCUT2D eigenvalue weighted by molar-refractivity contribution is 0.0517. The van der Waals surface area contributed by atoms with E-state index in [1.54, 1.807) is 0 Å². The molecule has 0 aliphatic carbocycles. The Bertz CT molecular complexity index is 431. The van der Waals surface area contributed by atoms with Crippen LogP contribution in [0, 0.1) is 0 Å². The molecule has 1 aliphatic rings. The minimum Gasteiger partial charge on any atom is -0.392 e. The molecule has 1 aromatic rings. The van der Waals surface area contributed by atoms with E-state index in [-0.39, 0.29) is 12.6 Å². The van der Waals surface area contributed by atoms with Crippen LogP contribution in [0.4, 0.5) is 0 Å². The molecule has 2 atom stereocenters. The normalized spacial score (nSPS) is 21.5. The number of aliphatic hydroxyl groups is 2. The van der Waals surface area contributed by atoms with E-state index in [4.69, 9.17) is 5.11 Å². The van der Waals surface area contributed by atoms with Gasteiger partial charge >= 0.3 is 0 Å². The molecule has 3 heteroatoms. The first-order valence-corrected chi connectivity index (χ1v) is 10.3. The number of hydrogen-bond acceptors (Lipinski definition) is 3. The molecule has 0 spiro atoms. The summed E-state index contributed by atoms with van der Waals surface area (Å²) < 4.78 is 0. The van der Waals surface area contributed by atoms with E-state index < -0.39 is 5.60 Å². The van der Waals surface area contributed by atoms with Crippen molar-refractivity contribution in [2.75, 3.05) is 20.2 Å². The highest BCUT2D eigenvalue weighted by atomic mass is 16.3. The first-order valence-electron chi connectivity index (χ1n) is 10.3. The third kappa shape index (κ3) is 9.51. The van der Waals surface area contributed by atoms with Crippen LogP contribution >= 0.6 is 0 Å². The zero-order valence-electron chi connectivity index (χ0n) is 19.0. The fraction of sp³-hybridized carbons (Fsp3) is 0.652. The van der Waals surface area contributed by atoms with Gasteiger partial charge in [0.05, 0.1) is 12.6 Å². The van der Waals surface area contributed by atoms with E-state index in [0.29, 0.717) is 6.42 Å². The van der Waals surface area contributed by atoms with Gasteiger partial charge in [-0.3, -0.25) is 4.90 Å². The third-order valence-corrected chi connectivity index (χ3v) is 3.64. The molecule has 0 bridgehead atoms. The zero-order chi connectivity index (χ0) is 21.2. The van der Waals surface area contributed by atoms with Crippen LogP contribution in [0.25, 0.3) is 0 Å². The van der Waals surface area contributed by atoms with Gasteiger partial charge in [0.15, 0.2) is 0 Å². The summed E-state index contributed by atoms with van der Waals surface area (Å²) in [4.78, 5) is 2.16. The molecule has 1 fully saturated rings. The van der Waals surface area contributed by atoms with Crippen molar-refractivity contribution in [3.05, 3.63) is 47.5 Å². The Morgan fingerprint density at radius 3 is 1.92 bits per heavy atom. The zero-order valence-corrected chi connectivity index (χ0v) is 19.0. The molecule has 0 saturated carbocycles. The summed E-state index contributed by atoms with van der Waals surface area (Å²) in [7, 11) is 2.03. The fourth-order valence-electron chi connectivity index (χ4n) is 2.80. The monoisotopic (exact) mass is 367 g/mol. The predicted molar refractivity (Wildman–Crippen MR) is 118 cm³/mol. The van der Waals surface area contributed by atoms with Gasteiger partial charge in [0.2, 0.25) is 0 Å². The van der Waals surface area contributed by atoms with Crippen molar-refractivity contribution in [3.63, 3.8) is 0 Å². The Labute approximate surface area is 163 Å². The van der Waals surface area contributed by atoms with Crippen LogP contribution in [0.2, 0.25) is 0 Å². The Morgan fingerprint density at radius 1 is 1.04 bits per heavy atom. The van der Waals surface area contributed by atoms with Crippen LogP contribution < -0.4 is 0 Å². The molecule has 1 aliphatic heterocycles. The van der Waals surface area contributed by atoms with Crippen LogP contribution in [-0.2, 0) is 0 Å². The standard InChI is InChI=1S/C15H21NO2.4C2H6/c1-12(11-17)10-15(18)8-9-16(2)14(15)13-6-4-3-5-7-13;4*1-2/h3-7,10,14,17-18H,8-9,11H2,1-2H3;4*1-2H3/b12-10-;;;;. The number of likely N-dealkylation sites (N-methyl/N-ethyl adjacent to an activating group) is 1. The maximum absolute atomic E-state index is 10.8. The highest BCUT2D eigenvalue weighted by Gasteiger charge is 2.43. The SMILES string of the molecule is C/C(=C/C1(O)CCN(C)C1c1ccccc1)CO.CC.CC.CC.CC. The molecule has 26 heavy (non-hydrogen) atoms. The molecular weight excluding hydrogens is 322 g/mol. The second-order valence-electron chi connectivity index (χ2n) is 5.18. The summed E-state index contributed by atoms with van der Waals surface area (Å²) >= 11 is 0. The fourth-order valence-corrected chi connectivity index (χ4v) is 2.80. The summed E-state index contributed by atoms with van der Waals surface area (Å²) in [5, 5.41) is 20.0. The van der Waals surface area contributed by atoms with Gasteiger partial charge in [0.1, 0.15) is 5.60 Å². The minimum atomic E-state index is -0.886. The van der Waals surface area contributed by atoms with E-state index >= 15 is 0 Å². The molecule has 1 heterocycles. The van der Waals surface area contributed by atoms with Gasteiger partial charge < -0.3 is 10.2 Å². The first-order chi connectivity index (χ1) is 12.6. The molecule has 1 aromatic carbocycles. The predicted octanol–water partition coefficient (Wildman–Crippen LogP) is 5.84. The van der Waals surface area contributed by atoms with E-state index in [1.807, 2.05) is 106 Å². The molecule has 0 aromatic heterocycles. The maximum atomic E-state index is 10.8. The van der Waals surface area contributed by atoms with Crippen molar-refractivity contribution >= 4 is 0 Å². The van der Waals surface area contributed by atoms with Gasteiger partial charge in [-0.05, 0) is 37.6 Å². The Balaban J connectivity index is -0.000000585. The van der Waals surface area contributed by atoms with Gasteiger partial charge in [-0.15, -0.1) is 0 Å². The van der Waals surface area contributed by atoms with Crippen molar-refractivity contribution < 1.29 is 10.2 Å². The Hall–Kier alpha value is -1.16. The average molecular weight is 368 g/mol. The molecule has 2 rings (SSSR count). The van der Waals surface area contributed by atoms with Crippen LogP contribution in [0.1, 0.15) is 80.3 Å². The van der Waals surface area contributed by atoms with Crippen LogP contribution in [0.5, 0.6) is 0 Å². The summed E-state index contributed by atoms with van der Waals surface area (Å²) in [5.74, 6) is 0. The molecule has 1 saturated heterocycles. The summed E-state index contributed by atoms with van der Waals surface area (Å²) in [6.45, 7) is 18.7. The molecule has 3 nitrogen and oxygen atoms in total. The van der Waals surface area contributed by atoms with Gasteiger partial charge in [0.25, 0.3) is 0 Å². The largest absolute Gasteiger partial charge is 0.392 e. The Kier molecular flexibility index (Phi) is 21.2. The topological polar surface area (TPSA) is 43.7 Å². The number of benzene rings is 1. The van der Waals surface area contributed by atoms with E-state index in [0.717, 1.165) is 17.7 Å². The number of aliphatic hydroxyl groups excluding tert-OH is 1. The van der Waals surface area contributed by atoms with Crippen LogP contribution in [0.15, 0.2) is 42.0 Å². The lowest BCUT2D eigenvalue weighted by Gasteiger charge is -2.31. The third-order valence-electron chi connectivity index (χ3n) is 3.64. The maximum Gasteiger partial charge on any atom is 0.104 e. The number of hydrogen-bond donors (Lipinski definition) is 2. The molecule has 2 N–H and O–H groups in total. The molecular formula is C23H45NO2. The lowest BCUT2D eigenvalue weighted by Crippen LogP contribution is -2.34. The van der Waals surface area contributed by atoms with E-state index in [1.165, 1.54) is 0 Å². The van der Waals surface area contributed by atoms with Crippen LogP contribution in [-0.4, -0.2) is 40.9 Å². The van der Waals surface area contributed by atoms with Crippen LogP contribution in [0.3, 0.4) is 0 Å². The summed E-state index contributed by atoms with van der Waals surface area (Å²) in [6.07, 6.45) is 2.51. The van der Waals surface area contributed by atoms with Crippen molar-refractivity contribution in [2.45, 2.75) is 80.4 Å². The molecule has 0 amide bonds. The number of nitrogens with zero attached hydrogens (tertiary/aromatic N) is 1. The first kappa shape index (κ1) is 29.6. The highest BCUT2D eigenvalue weighted by molar-refractivity contribution is 5.28. The molecule has 2 unspecified atom stereocenters. The van der Waals surface area contributed by atoms with Gasteiger partial charge in [-0.2, -0.15) is 0 Å². The van der Waals surface area contributed by atoms with Crippen molar-refractivity contribution in [1.29, 1.82) is 0 Å². The van der Waals surface area contributed by atoms with Gasteiger partial charge in [-0.1, -0.05) is 85.7 Å². The number of likely N-dealkylation sites (tertiary alicyclic amines) is 1. The van der Waals surface area contributed by atoms with Gasteiger partial charge in [0, 0.05) is 6.54 Å². The average Bonchev–Trinajstić information content (AvgIpc) is 3.02. The van der Waals surface area contributed by atoms with E-state index in [9.17, 15) is 5.11 Å². The summed E-state index contributed by atoms with van der Waals surface area (Å²) in [6, 6.07) is 10.0. The summed E-state index contributed by atoms with van der Waals surface area (Å²) in [5.41, 5.74) is 1.04.